The molecule has 2 aromatic heterocycles. The maximum absolute atomic E-state index is 13.9. The molecule has 0 aromatic carbocycles. The summed E-state index contributed by atoms with van der Waals surface area (Å²) in [5.74, 6) is -6.69. The van der Waals surface area contributed by atoms with Crippen molar-refractivity contribution in [1.29, 1.82) is 0 Å². The summed E-state index contributed by atoms with van der Waals surface area (Å²) in [7, 11) is 0. The van der Waals surface area contributed by atoms with Gasteiger partial charge in [0.1, 0.15) is 5.69 Å². The summed E-state index contributed by atoms with van der Waals surface area (Å²) in [5, 5.41) is 0. The lowest BCUT2D eigenvalue weighted by molar-refractivity contribution is 0.0767. The van der Waals surface area contributed by atoms with Crippen molar-refractivity contribution in [3.05, 3.63) is 53.6 Å². The van der Waals surface area contributed by atoms with Crippen molar-refractivity contribution in [2.45, 2.75) is 6.42 Å². The fourth-order valence-corrected chi connectivity index (χ4v) is 2.77. The predicted octanol–water partition coefficient (Wildman–Crippen LogP) is 2.39. The Hall–Kier alpha value is -2.71. The number of hydrogen-bond acceptors (Lipinski definition) is 4. The largest absolute Gasteiger partial charge is 0.365 e. The Labute approximate surface area is 140 Å². The standard InChI is InChI=1S/C16H14F4N4O/c17-11-13(12(18)15(20)22-14(11)19)23-6-1-7-24(9-8-23)16(25)10-2-4-21-5-3-10/h2-5H,1,6-9H2. The average Bonchev–Trinajstić information content (AvgIpc) is 2.87. The molecule has 25 heavy (non-hydrogen) atoms. The number of aromatic nitrogens is 2. The van der Waals surface area contributed by atoms with Gasteiger partial charge in [-0.25, -0.2) is 0 Å². The minimum Gasteiger partial charge on any atom is -0.365 e. The van der Waals surface area contributed by atoms with E-state index in [9.17, 15) is 22.4 Å². The molecule has 0 unspecified atom stereocenters. The van der Waals surface area contributed by atoms with Gasteiger partial charge in [0, 0.05) is 44.1 Å². The monoisotopic (exact) mass is 354 g/mol. The summed E-state index contributed by atoms with van der Waals surface area (Å²) in [6.07, 6.45) is 3.37. The molecule has 0 spiro atoms. The second-order valence-corrected chi connectivity index (χ2v) is 5.54. The Morgan fingerprint density at radius 3 is 2.20 bits per heavy atom. The molecule has 2 aromatic rings. The van der Waals surface area contributed by atoms with Crippen LogP contribution in [-0.2, 0) is 0 Å². The first-order valence-electron chi connectivity index (χ1n) is 7.63. The lowest BCUT2D eigenvalue weighted by atomic mass is 10.2. The molecule has 0 bridgehead atoms. The van der Waals surface area contributed by atoms with Gasteiger partial charge in [-0.15, -0.1) is 0 Å². The van der Waals surface area contributed by atoms with Crippen LogP contribution < -0.4 is 4.90 Å². The second kappa shape index (κ2) is 7.04. The molecule has 1 aliphatic rings. The van der Waals surface area contributed by atoms with Gasteiger partial charge < -0.3 is 9.80 Å². The van der Waals surface area contributed by atoms with Gasteiger partial charge >= 0.3 is 0 Å². The number of carbonyl (C=O) groups is 1. The first-order chi connectivity index (χ1) is 12.0. The summed E-state index contributed by atoms with van der Waals surface area (Å²) in [5.41, 5.74) is -0.343. The fraction of sp³-hybridized carbons (Fsp3) is 0.312. The molecule has 3 heterocycles. The second-order valence-electron chi connectivity index (χ2n) is 5.54. The molecule has 132 valence electrons. The highest BCUT2D eigenvalue weighted by atomic mass is 19.2. The van der Waals surface area contributed by atoms with Crippen molar-refractivity contribution in [1.82, 2.24) is 14.9 Å². The normalized spacial score (nSPS) is 15.2. The summed E-state index contributed by atoms with van der Waals surface area (Å²) in [6.45, 7) is 0.701. The molecule has 0 atom stereocenters. The minimum absolute atomic E-state index is 0.0353. The van der Waals surface area contributed by atoms with E-state index in [0.29, 0.717) is 18.5 Å². The summed E-state index contributed by atoms with van der Waals surface area (Å²) in [6, 6.07) is 3.13. The molecule has 1 saturated heterocycles. The maximum atomic E-state index is 13.9. The van der Waals surface area contributed by atoms with Crippen molar-refractivity contribution in [2.24, 2.45) is 0 Å². The topological polar surface area (TPSA) is 49.3 Å². The van der Waals surface area contributed by atoms with Crippen LogP contribution in [0.4, 0.5) is 23.2 Å². The zero-order valence-electron chi connectivity index (χ0n) is 13.1. The van der Waals surface area contributed by atoms with E-state index in [-0.39, 0.29) is 25.5 Å². The summed E-state index contributed by atoms with van der Waals surface area (Å²) in [4.78, 5) is 21.6. The number of halogens is 4. The average molecular weight is 354 g/mol. The SMILES string of the molecule is O=C(c1ccncc1)N1CCCN(c2c(F)c(F)nc(F)c2F)CC1. The maximum Gasteiger partial charge on any atom is 0.254 e. The smallest absolute Gasteiger partial charge is 0.254 e. The number of anilines is 1. The van der Waals surface area contributed by atoms with Gasteiger partial charge in [-0.3, -0.25) is 9.78 Å². The number of hydrogen-bond donors (Lipinski definition) is 0. The molecular formula is C16H14F4N4O. The molecule has 0 radical (unpaired) electrons. The van der Waals surface area contributed by atoms with Crippen LogP contribution in [0.5, 0.6) is 0 Å². The molecular weight excluding hydrogens is 340 g/mol. The Kier molecular flexibility index (Phi) is 4.82. The highest BCUT2D eigenvalue weighted by molar-refractivity contribution is 5.94. The number of rotatable bonds is 2. The summed E-state index contributed by atoms with van der Waals surface area (Å²) < 4.78 is 54.4. The molecule has 9 heteroatoms. The van der Waals surface area contributed by atoms with Gasteiger partial charge in [-0.1, -0.05) is 0 Å². The van der Waals surface area contributed by atoms with Crippen LogP contribution in [0, 0.1) is 23.5 Å². The van der Waals surface area contributed by atoms with Gasteiger partial charge in [0.05, 0.1) is 0 Å². The van der Waals surface area contributed by atoms with Crippen LogP contribution in [0.1, 0.15) is 16.8 Å². The number of amides is 1. The third-order valence-corrected chi connectivity index (χ3v) is 4.00. The predicted molar refractivity (Wildman–Crippen MR) is 81.0 cm³/mol. The molecule has 0 N–H and O–H groups in total. The van der Waals surface area contributed by atoms with Gasteiger partial charge in [-0.2, -0.15) is 22.5 Å². The number of nitrogens with zero attached hydrogens (tertiary/aromatic N) is 4. The summed E-state index contributed by atoms with van der Waals surface area (Å²) >= 11 is 0. The third kappa shape index (κ3) is 3.40. The first kappa shape index (κ1) is 17.1. The zero-order chi connectivity index (χ0) is 18.0. The van der Waals surface area contributed by atoms with E-state index in [2.05, 4.69) is 9.97 Å². The molecule has 1 aliphatic heterocycles. The van der Waals surface area contributed by atoms with Crippen LogP contribution in [0.15, 0.2) is 24.5 Å². The molecule has 1 fully saturated rings. The van der Waals surface area contributed by atoms with Crippen LogP contribution in [-0.4, -0.2) is 47.0 Å². The zero-order valence-corrected chi connectivity index (χ0v) is 13.1. The highest BCUT2D eigenvalue weighted by Gasteiger charge is 2.28. The molecule has 0 aliphatic carbocycles. The van der Waals surface area contributed by atoms with E-state index < -0.39 is 29.2 Å². The van der Waals surface area contributed by atoms with Crippen LogP contribution >= 0.6 is 0 Å². The van der Waals surface area contributed by atoms with E-state index in [0.717, 1.165) is 0 Å². The van der Waals surface area contributed by atoms with Crippen molar-refractivity contribution in [3.8, 4) is 0 Å². The number of carbonyl (C=O) groups excluding carboxylic acids is 1. The Balaban J connectivity index is 1.80. The van der Waals surface area contributed by atoms with Crippen molar-refractivity contribution in [2.75, 3.05) is 31.1 Å². The van der Waals surface area contributed by atoms with Gasteiger partial charge in [-0.05, 0) is 18.6 Å². The molecule has 5 nitrogen and oxygen atoms in total. The molecule has 0 saturated carbocycles. The van der Waals surface area contributed by atoms with E-state index >= 15 is 0 Å². The quantitative estimate of drug-likeness (QED) is 0.614. The van der Waals surface area contributed by atoms with E-state index in [1.807, 2.05) is 0 Å². The molecule has 1 amide bonds. The minimum atomic E-state index is -1.69. The number of pyridine rings is 2. The Bertz CT molecular complexity index is 761. The van der Waals surface area contributed by atoms with Crippen LogP contribution in [0.3, 0.4) is 0 Å². The van der Waals surface area contributed by atoms with Gasteiger partial charge in [0.15, 0.2) is 0 Å². The van der Waals surface area contributed by atoms with Crippen LogP contribution in [0.25, 0.3) is 0 Å². The van der Waals surface area contributed by atoms with Crippen LogP contribution in [0.2, 0.25) is 0 Å². The molecule has 3 rings (SSSR count). The van der Waals surface area contributed by atoms with E-state index in [4.69, 9.17) is 0 Å². The van der Waals surface area contributed by atoms with Crippen molar-refractivity contribution in [3.63, 3.8) is 0 Å². The van der Waals surface area contributed by atoms with E-state index in [1.54, 1.807) is 12.1 Å². The lowest BCUT2D eigenvalue weighted by Crippen LogP contribution is -2.35. The third-order valence-electron chi connectivity index (χ3n) is 4.00. The lowest BCUT2D eigenvalue weighted by Gasteiger charge is -2.24. The van der Waals surface area contributed by atoms with Gasteiger partial charge in [0.2, 0.25) is 11.6 Å². The van der Waals surface area contributed by atoms with Crippen molar-refractivity contribution >= 4 is 11.6 Å². The van der Waals surface area contributed by atoms with E-state index in [1.165, 1.54) is 22.2 Å². The Morgan fingerprint density at radius 2 is 1.56 bits per heavy atom. The van der Waals surface area contributed by atoms with Gasteiger partial charge in [0.25, 0.3) is 17.8 Å². The van der Waals surface area contributed by atoms with Crippen molar-refractivity contribution < 1.29 is 22.4 Å². The first-order valence-corrected chi connectivity index (χ1v) is 7.63. The Morgan fingerprint density at radius 1 is 0.920 bits per heavy atom. The fourth-order valence-electron chi connectivity index (χ4n) is 2.77. The highest BCUT2D eigenvalue weighted by Crippen LogP contribution is 2.27.